The Morgan fingerprint density at radius 2 is 1.88 bits per heavy atom. The molecule has 0 heterocycles. The minimum atomic E-state index is -0.530. The van der Waals surface area contributed by atoms with E-state index in [9.17, 15) is 4.79 Å². The van der Waals surface area contributed by atoms with Crippen LogP contribution >= 0.6 is 0 Å². The third kappa shape index (κ3) is 2.21. The van der Waals surface area contributed by atoms with Gasteiger partial charge in [0, 0.05) is 5.92 Å². The lowest BCUT2D eigenvalue weighted by atomic mass is 10.1. The number of benzene rings is 2. The van der Waals surface area contributed by atoms with Crippen molar-refractivity contribution in [3.05, 3.63) is 42.5 Å². The molecule has 0 aliphatic rings. The van der Waals surface area contributed by atoms with Crippen LogP contribution in [0.4, 0.5) is 0 Å². The predicted octanol–water partition coefficient (Wildman–Crippen LogP) is 2.77. The third-order valence-electron chi connectivity index (χ3n) is 2.16. The van der Waals surface area contributed by atoms with Crippen molar-refractivity contribution in [3.63, 3.8) is 0 Å². The molecule has 0 bridgehead atoms. The smallest absolute Gasteiger partial charge is 0.389 e. The van der Waals surface area contributed by atoms with E-state index in [1.807, 2.05) is 36.4 Å². The lowest BCUT2D eigenvalue weighted by molar-refractivity contribution is -0.128. The number of hydrogen-bond acceptors (Lipinski definition) is 2. The minimum absolute atomic E-state index is 0.520. The molecule has 0 radical (unpaired) electrons. The van der Waals surface area contributed by atoms with E-state index >= 15 is 0 Å². The Bertz CT molecular complexity index is 588. The van der Waals surface area contributed by atoms with Crippen molar-refractivity contribution in [2.24, 2.45) is 0 Å². The van der Waals surface area contributed by atoms with Gasteiger partial charge in [-0.1, -0.05) is 36.3 Å². The Kier molecular flexibility index (Phi) is 2.88. The maximum absolute atomic E-state index is 11.2. The molecular weight excluding hydrogens is 200 g/mol. The first kappa shape index (κ1) is 10.3. The van der Waals surface area contributed by atoms with Gasteiger partial charge in [-0.15, -0.1) is 0 Å². The van der Waals surface area contributed by atoms with Crippen LogP contribution in [0.5, 0.6) is 5.75 Å². The second kappa shape index (κ2) is 4.50. The molecule has 0 spiro atoms. The van der Waals surface area contributed by atoms with E-state index in [0.29, 0.717) is 5.75 Å². The zero-order valence-corrected chi connectivity index (χ0v) is 8.86. The van der Waals surface area contributed by atoms with Gasteiger partial charge in [0.25, 0.3) is 0 Å². The fourth-order valence-electron chi connectivity index (χ4n) is 1.47. The Morgan fingerprint density at radius 1 is 1.12 bits per heavy atom. The van der Waals surface area contributed by atoms with Gasteiger partial charge in [0.15, 0.2) is 0 Å². The highest BCUT2D eigenvalue weighted by atomic mass is 16.5. The largest absolute Gasteiger partial charge is 0.417 e. The summed E-state index contributed by atoms with van der Waals surface area (Å²) in [5.41, 5.74) is 0. The van der Waals surface area contributed by atoms with Gasteiger partial charge in [0.2, 0.25) is 0 Å². The van der Waals surface area contributed by atoms with Gasteiger partial charge in [-0.05, 0) is 29.8 Å². The zero-order chi connectivity index (χ0) is 11.4. The van der Waals surface area contributed by atoms with Crippen LogP contribution < -0.4 is 4.74 Å². The fourth-order valence-corrected chi connectivity index (χ4v) is 1.47. The van der Waals surface area contributed by atoms with E-state index in [1.165, 1.54) is 0 Å². The van der Waals surface area contributed by atoms with Crippen LogP contribution in [0, 0.1) is 11.8 Å². The lowest BCUT2D eigenvalue weighted by Gasteiger charge is -2.02. The van der Waals surface area contributed by atoms with E-state index in [4.69, 9.17) is 4.74 Å². The van der Waals surface area contributed by atoms with Gasteiger partial charge in [-0.25, -0.2) is 4.79 Å². The van der Waals surface area contributed by atoms with Gasteiger partial charge in [-0.2, -0.15) is 0 Å². The average molecular weight is 210 g/mol. The molecular formula is C14H10O2. The van der Waals surface area contributed by atoms with E-state index in [2.05, 4.69) is 11.8 Å². The quantitative estimate of drug-likeness (QED) is 0.313. The minimum Gasteiger partial charge on any atom is -0.417 e. The van der Waals surface area contributed by atoms with Crippen molar-refractivity contribution in [2.75, 3.05) is 0 Å². The van der Waals surface area contributed by atoms with Gasteiger partial charge in [0.1, 0.15) is 5.75 Å². The van der Waals surface area contributed by atoms with Crippen molar-refractivity contribution in [2.45, 2.75) is 6.92 Å². The molecule has 0 N–H and O–H groups in total. The Hall–Kier alpha value is -2.27. The maximum atomic E-state index is 11.2. The van der Waals surface area contributed by atoms with Crippen LogP contribution in [-0.2, 0) is 4.79 Å². The highest BCUT2D eigenvalue weighted by Crippen LogP contribution is 2.20. The molecule has 2 aromatic carbocycles. The Labute approximate surface area is 93.8 Å². The first-order valence-corrected chi connectivity index (χ1v) is 4.93. The number of ether oxygens (including phenoxy) is 1. The van der Waals surface area contributed by atoms with Crippen molar-refractivity contribution < 1.29 is 9.53 Å². The number of carbonyl (C=O) groups is 1. The molecule has 0 amide bonds. The van der Waals surface area contributed by atoms with Gasteiger partial charge in [-0.3, -0.25) is 0 Å². The summed E-state index contributed by atoms with van der Waals surface area (Å²) in [4.78, 5) is 11.2. The molecule has 0 aromatic heterocycles. The van der Waals surface area contributed by atoms with E-state index in [1.54, 1.807) is 13.0 Å². The molecule has 78 valence electrons. The lowest BCUT2D eigenvalue weighted by Crippen LogP contribution is -2.03. The topological polar surface area (TPSA) is 26.3 Å². The summed E-state index contributed by atoms with van der Waals surface area (Å²) >= 11 is 0. The molecule has 0 fully saturated rings. The molecule has 0 aliphatic carbocycles. The second-order valence-electron chi connectivity index (χ2n) is 3.27. The van der Waals surface area contributed by atoms with Crippen LogP contribution in [0.3, 0.4) is 0 Å². The second-order valence-corrected chi connectivity index (χ2v) is 3.27. The molecule has 0 atom stereocenters. The van der Waals surface area contributed by atoms with E-state index in [0.717, 1.165) is 10.8 Å². The summed E-state index contributed by atoms with van der Waals surface area (Å²) in [6.45, 7) is 1.60. The molecule has 2 nitrogen and oxygen atoms in total. The standard InChI is InChI=1S/C14H10O2/c1-2-5-14(15)16-13-9-8-11-6-3-4-7-12(11)10-13/h3-4,6-10H,1H3. The number of esters is 1. The summed E-state index contributed by atoms with van der Waals surface area (Å²) < 4.78 is 5.05. The normalized spacial score (nSPS) is 9.31. The molecule has 0 unspecified atom stereocenters. The van der Waals surface area contributed by atoms with E-state index < -0.39 is 5.97 Å². The third-order valence-corrected chi connectivity index (χ3v) is 2.16. The number of hydrogen-bond donors (Lipinski definition) is 0. The summed E-state index contributed by atoms with van der Waals surface area (Å²) in [7, 11) is 0. The van der Waals surface area contributed by atoms with Gasteiger partial charge < -0.3 is 4.74 Å². The van der Waals surface area contributed by atoms with Gasteiger partial charge in [0.05, 0.1) is 0 Å². The van der Waals surface area contributed by atoms with Crippen molar-refractivity contribution >= 4 is 16.7 Å². The first-order chi connectivity index (χ1) is 7.79. The van der Waals surface area contributed by atoms with Crippen molar-refractivity contribution in [3.8, 4) is 17.6 Å². The van der Waals surface area contributed by atoms with Crippen molar-refractivity contribution in [1.29, 1.82) is 0 Å². The summed E-state index contributed by atoms with van der Waals surface area (Å²) in [5.74, 6) is 4.82. The van der Waals surface area contributed by atoms with E-state index in [-0.39, 0.29) is 0 Å². The molecule has 0 saturated heterocycles. The van der Waals surface area contributed by atoms with Crippen LogP contribution in [0.25, 0.3) is 10.8 Å². The summed E-state index contributed by atoms with van der Waals surface area (Å²) in [5, 5.41) is 2.15. The van der Waals surface area contributed by atoms with Crippen LogP contribution in [0.15, 0.2) is 42.5 Å². The first-order valence-electron chi connectivity index (χ1n) is 4.93. The number of fused-ring (bicyclic) bond motifs is 1. The van der Waals surface area contributed by atoms with Crippen molar-refractivity contribution in [1.82, 2.24) is 0 Å². The molecule has 2 heteroatoms. The number of rotatable bonds is 1. The highest BCUT2D eigenvalue weighted by molar-refractivity contribution is 5.91. The summed E-state index contributed by atoms with van der Waals surface area (Å²) in [6.07, 6.45) is 0. The predicted molar refractivity (Wildman–Crippen MR) is 63.0 cm³/mol. The zero-order valence-electron chi connectivity index (χ0n) is 8.86. The molecule has 0 saturated carbocycles. The molecule has 16 heavy (non-hydrogen) atoms. The number of carbonyl (C=O) groups excluding carboxylic acids is 1. The fraction of sp³-hybridized carbons (Fsp3) is 0.0714. The molecule has 0 aliphatic heterocycles. The average Bonchev–Trinajstić information content (AvgIpc) is 2.29. The van der Waals surface area contributed by atoms with Crippen LogP contribution in [0.2, 0.25) is 0 Å². The maximum Gasteiger partial charge on any atom is 0.389 e. The van der Waals surface area contributed by atoms with Crippen LogP contribution in [-0.4, -0.2) is 5.97 Å². The SMILES string of the molecule is CC#CC(=O)Oc1ccc2ccccc2c1. The molecule has 2 aromatic rings. The Morgan fingerprint density at radius 3 is 2.62 bits per heavy atom. The monoisotopic (exact) mass is 210 g/mol. The van der Waals surface area contributed by atoms with Crippen LogP contribution in [0.1, 0.15) is 6.92 Å². The summed E-state index contributed by atoms with van der Waals surface area (Å²) in [6, 6.07) is 13.4. The molecule has 2 rings (SSSR count). The van der Waals surface area contributed by atoms with Gasteiger partial charge >= 0.3 is 5.97 Å². The highest BCUT2D eigenvalue weighted by Gasteiger charge is 2.01. The Balaban J connectivity index is 2.31.